The molecule has 7 nitrogen and oxygen atoms in total. The van der Waals surface area contributed by atoms with Crippen molar-refractivity contribution in [2.24, 2.45) is 0 Å². The Kier molecular flexibility index (Phi) is 9.98. The lowest BCUT2D eigenvalue weighted by molar-refractivity contribution is -0.931. The maximum atomic E-state index is 11.8. The summed E-state index contributed by atoms with van der Waals surface area (Å²) >= 11 is 1.22. The second kappa shape index (κ2) is 12.2. The number of quaternary nitrogens is 1. The highest BCUT2D eigenvalue weighted by Crippen LogP contribution is 2.34. The summed E-state index contributed by atoms with van der Waals surface area (Å²) in [6.45, 7) is 7.55. The van der Waals surface area contributed by atoms with Crippen LogP contribution in [0.5, 0.6) is 5.88 Å². The maximum Gasteiger partial charge on any atom is 0.512 e. The highest BCUT2D eigenvalue weighted by molar-refractivity contribution is 6.99. The number of nitrogens with zero attached hydrogens (tertiary/aromatic N) is 3. The first-order valence-corrected chi connectivity index (χ1v) is 11.4. The largest absolute Gasteiger partial charge is 0.512 e. The SMILES string of the molecule is CCCCCCOc1nsnc1C1CCC[N+](C)(COC(=O)OCCCC)C1. The molecule has 160 valence electrons. The zero-order chi connectivity index (χ0) is 20.2. The molecule has 0 spiro atoms. The number of likely N-dealkylation sites (tertiary alicyclic amines) is 1. The van der Waals surface area contributed by atoms with Crippen molar-refractivity contribution < 1.29 is 23.5 Å². The summed E-state index contributed by atoms with van der Waals surface area (Å²) in [6.07, 6.45) is 8.11. The van der Waals surface area contributed by atoms with Gasteiger partial charge in [-0.2, -0.15) is 4.37 Å². The normalized spacial score (nSPS) is 22.0. The van der Waals surface area contributed by atoms with Gasteiger partial charge < -0.3 is 14.2 Å². The number of carbonyl (C=O) groups excluding carboxylic acids is 1. The molecule has 1 aromatic rings. The molecule has 0 radical (unpaired) electrons. The van der Waals surface area contributed by atoms with Crippen LogP contribution in [0.1, 0.15) is 76.8 Å². The van der Waals surface area contributed by atoms with Crippen molar-refractivity contribution >= 4 is 17.9 Å². The number of rotatable bonds is 12. The van der Waals surface area contributed by atoms with Crippen molar-refractivity contribution in [3.8, 4) is 5.88 Å². The zero-order valence-electron chi connectivity index (χ0n) is 17.7. The van der Waals surface area contributed by atoms with Crippen molar-refractivity contribution in [3.05, 3.63) is 5.69 Å². The number of ether oxygens (including phenoxy) is 3. The smallest absolute Gasteiger partial charge is 0.476 e. The Morgan fingerprint density at radius 1 is 1.11 bits per heavy atom. The van der Waals surface area contributed by atoms with E-state index in [0.29, 0.717) is 30.3 Å². The molecule has 2 atom stereocenters. The molecule has 0 aliphatic carbocycles. The minimum absolute atomic E-state index is 0.280. The number of carbonyl (C=O) groups is 1. The quantitative estimate of drug-likeness (QED) is 0.280. The van der Waals surface area contributed by atoms with E-state index in [0.717, 1.165) is 50.9 Å². The minimum atomic E-state index is -0.568. The van der Waals surface area contributed by atoms with Gasteiger partial charge in [0.05, 0.1) is 51.0 Å². The average molecular weight is 415 g/mol. The van der Waals surface area contributed by atoms with E-state index < -0.39 is 6.16 Å². The summed E-state index contributed by atoms with van der Waals surface area (Å²) in [4.78, 5) is 11.8. The molecule has 0 aromatic carbocycles. The van der Waals surface area contributed by atoms with E-state index in [-0.39, 0.29) is 5.92 Å². The van der Waals surface area contributed by atoms with Crippen molar-refractivity contribution in [1.29, 1.82) is 0 Å². The molecule has 0 saturated carbocycles. The fourth-order valence-electron chi connectivity index (χ4n) is 3.56. The molecule has 1 saturated heterocycles. The summed E-state index contributed by atoms with van der Waals surface area (Å²) in [5, 5.41) is 0. The Bertz CT molecular complexity index is 584. The van der Waals surface area contributed by atoms with Crippen LogP contribution in [0.25, 0.3) is 0 Å². The maximum absolute atomic E-state index is 11.8. The lowest BCUT2D eigenvalue weighted by Gasteiger charge is -2.39. The van der Waals surface area contributed by atoms with E-state index in [9.17, 15) is 4.79 Å². The van der Waals surface area contributed by atoms with Crippen LogP contribution in [-0.4, -0.2) is 59.5 Å². The van der Waals surface area contributed by atoms with Crippen LogP contribution >= 0.6 is 11.7 Å². The van der Waals surface area contributed by atoms with Gasteiger partial charge in [-0.15, -0.1) is 4.37 Å². The van der Waals surface area contributed by atoms with Gasteiger partial charge in [0.1, 0.15) is 5.69 Å². The summed E-state index contributed by atoms with van der Waals surface area (Å²) in [7, 11) is 2.12. The Hall–Kier alpha value is -1.41. The Morgan fingerprint density at radius 3 is 2.71 bits per heavy atom. The molecular formula is C20H36N3O4S+. The van der Waals surface area contributed by atoms with Gasteiger partial charge in [0, 0.05) is 0 Å². The van der Waals surface area contributed by atoms with Crippen LogP contribution in [0, 0.1) is 0 Å². The van der Waals surface area contributed by atoms with Crippen LogP contribution in [-0.2, 0) is 9.47 Å². The molecule has 1 aliphatic heterocycles. The topological polar surface area (TPSA) is 70.5 Å². The van der Waals surface area contributed by atoms with Crippen molar-refractivity contribution in [2.75, 3.05) is 40.1 Å². The Balaban J connectivity index is 1.83. The predicted molar refractivity (Wildman–Crippen MR) is 110 cm³/mol. The highest BCUT2D eigenvalue weighted by Gasteiger charge is 2.36. The van der Waals surface area contributed by atoms with Crippen LogP contribution in [0.15, 0.2) is 0 Å². The van der Waals surface area contributed by atoms with Gasteiger partial charge >= 0.3 is 6.16 Å². The minimum Gasteiger partial charge on any atom is -0.476 e. The van der Waals surface area contributed by atoms with E-state index in [1.807, 2.05) is 0 Å². The lowest BCUT2D eigenvalue weighted by atomic mass is 9.94. The van der Waals surface area contributed by atoms with E-state index >= 15 is 0 Å². The summed E-state index contributed by atoms with van der Waals surface area (Å²) in [6, 6.07) is 0. The number of likely N-dealkylation sites (N-methyl/N-ethyl adjacent to an activating group) is 1. The predicted octanol–water partition coefficient (Wildman–Crippen LogP) is 4.73. The number of piperidine rings is 1. The van der Waals surface area contributed by atoms with Gasteiger partial charge in [0.25, 0.3) is 0 Å². The van der Waals surface area contributed by atoms with Gasteiger partial charge in [0.2, 0.25) is 12.6 Å². The van der Waals surface area contributed by atoms with Gasteiger partial charge in [-0.25, -0.2) is 4.79 Å². The molecule has 1 aromatic heterocycles. The molecular weight excluding hydrogens is 378 g/mol. The van der Waals surface area contributed by atoms with Gasteiger partial charge in [-0.1, -0.05) is 39.5 Å². The van der Waals surface area contributed by atoms with E-state index in [2.05, 4.69) is 29.6 Å². The van der Waals surface area contributed by atoms with Gasteiger partial charge in [0.15, 0.2) is 0 Å². The van der Waals surface area contributed by atoms with E-state index in [4.69, 9.17) is 14.2 Å². The molecule has 2 unspecified atom stereocenters. The number of aromatic nitrogens is 2. The highest BCUT2D eigenvalue weighted by atomic mass is 32.1. The first-order valence-electron chi connectivity index (χ1n) is 10.7. The molecule has 1 aliphatic rings. The molecule has 2 heterocycles. The first-order chi connectivity index (χ1) is 13.6. The Labute approximate surface area is 173 Å². The fraction of sp³-hybridized carbons (Fsp3) is 0.850. The third-order valence-corrected chi connectivity index (χ3v) is 5.75. The zero-order valence-corrected chi connectivity index (χ0v) is 18.5. The second-order valence-corrected chi connectivity index (χ2v) is 8.48. The van der Waals surface area contributed by atoms with Crippen LogP contribution < -0.4 is 4.74 Å². The molecule has 2 rings (SSSR count). The monoisotopic (exact) mass is 414 g/mol. The second-order valence-electron chi connectivity index (χ2n) is 7.95. The first kappa shape index (κ1) is 22.9. The van der Waals surface area contributed by atoms with Crippen LogP contribution in [0.2, 0.25) is 0 Å². The third kappa shape index (κ3) is 7.54. The number of unbranched alkanes of at least 4 members (excludes halogenated alkanes) is 4. The molecule has 28 heavy (non-hydrogen) atoms. The van der Waals surface area contributed by atoms with Crippen LogP contribution in [0.3, 0.4) is 0 Å². The van der Waals surface area contributed by atoms with Crippen molar-refractivity contribution in [2.45, 2.75) is 71.1 Å². The van der Waals surface area contributed by atoms with Crippen molar-refractivity contribution in [1.82, 2.24) is 8.75 Å². The summed E-state index contributed by atoms with van der Waals surface area (Å²) in [5.41, 5.74) is 0.968. The van der Waals surface area contributed by atoms with Gasteiger partial charge in [-0.05, 0) is 25.7 Å². The standard InChI is InChI=1S/C20H36N3O4S/c1-4-6-8-9-14-25-19-18(21-28-22-19)17-11-10-12-23(3,15-17)16-27-20(24)26-13-7-5-2/h17H,4-16H2,1-3H3/q+1. The molecule has 0 N–H and O–H groups in total. The molecule has 0 bridgehead atoms. The van der Waals surface area contributed by atoms with E-state index in [1.54, 1.807) is 0 Å². The average Bonchev–Trinajstić information content (AvgIpc) is 3.15. The lowest BCUT2D eigenvalue weighted by Crippen LogP contribution is -2.52. The fourth-order valence-corrected chi connectivity index (χ4v) is 4.14. The molecule has 1 fully saturated rings. The Morgan fingerprint density at radius 2 is 1.93 bits per heavy atom. The summed E-state index contributed by atoms with van der Waals surface area (Å²) in [5.74, 6) is 0.975. The molecule has 8 heteroatoms. The summed E-state index contributed by atoms with van der Waals surface area (Å²) < 4.78 is 26.0. The number of hydrogen-bond donors (Lipinski definition) is 0. The van der Waals surface area contributed by atoms with Crippen molar-refractivity contribution in [3.63, 3.8) is 0 Å². The molecule has 0 amide bonds. The van der Waals surface area contributed by atoms with Crippen LogP contribution in [0.4, 0.5) is 4.79 Å². The third-order valence-electron chi connectivity index (χ3n) is 5.23. The number of hydrogen-bond acceptors (Lipinski definition) is 7. The van der Waals surface area contributed by atoms with Gasteiger partial charge in [-0.3, -0.25) is 4.48 Å². The van der Waals surface area contributed by atoms with E-state index in [1.165, 1.54) is 31.0 Å².